The largest absolute Gasteiger partial charge is 0.494 e. The number of halogens is 1. The van der Waals surface area contributed by atoms with E-state index in [0.717, 1.165) is 60.6 Å². The van der Waals surface area contributed by atoms with E-state index in [4.69, 9.17) is 14.5 Å². The molecule has 1 unspecified atom stereocenters. The van der Waals surface area contributed by atoms with Crippen molar-refractivity contribution < 1.29 is 9.47 Å². The van der Waals surface area contributed by atoms with Crippen LogP contribution in [0.15, 0.2) is 17.1 Å². The van der Waals surface area contributed by atoms with E-state index in [1.54, 1.807) is 0 Å². The Morgan fingerprint density at radius 2 is 2.09 bits per heavy atom. The third-order valence-corrected chi connectivity index (χ3v) is 5.73. The molecule has 8 nitrogen and oxygen atoms in total. The molecule has 0 saturated carbocycles. The first-order chi connectivity index (χ1) is 15.2. The van der Waals surface area contributed by atoms with Crippen molar-refractivity contribution in [1.82, 2.24) is 25.4 Å². The van der Waals surface area contributed by atoms with Crippen molar-refractivity contribution >= 4 is 29.9 Å². The number of aromatic nitrogens is 3. The minimum absolute atomic E-state index is 0. The molecule has 0 aliphatic carbocycles. The number of hydrogen-bond acceptors (Lipinski definition) is 5. The number of guanidine groups is 1. The summed E-state index contributed by atoms with van der Waals surface area (Å²) in [4.78, 5) is 4.80. The first-order valence-electron chi connectivity index (χ1n) is 11.6. The molecule has 176 valence electrons. The second-order valence-corrected chi connectivity index (χ2v) is 8.18. The van der Waals surface area contributed by atoms with Gasteiger partial charge in [-0.05, 0) is 45.7 Å². The van der Waals surface area contributed by atoms with E-state index in [2.05, 4.69) is 51.4 Å². The fourth-order valence-electron chi connectivity index (χ4n) is 4.24. The van der Waals surface area contributed by atoms with E-state index < -0.39 is 0 Å². The standard InChI is InChI=1S/C23H34N6O2.HI/c1-4-24-23(26-15-22-28-27-21-9-7-6-8-10-29(21)22)25-14-18-13-20-17(11-16(3)31-20)12-19(18)30-5-2;/h12-13,16H,4-11,14-15H2,1-3H3,(H2,24,25,26);1H. The van der Waals surface area contributed by atoms with Crippen LogP contribution in [0.5, 0.6) is 11.5 Å². The third kappa shape index (κ3) is 5.85. The van der Waals surface area contributed by atoms with Crippen LogP contribution in [0.3, 0.4) is 0 Å². The zero-order valence-electron chi connectivity index (χ0n) is 19.3. The molecule has 2 aliphatic heterocycles. The Balaban J connectivity index is 0.00000289. The second-order valence-electron chi connectivity index (χ2n) is 8.18. The maximum Gasteiger partial charge on any atom is 0.191 e. The highest BCUT2D eigenvalue weighted by Crippen LogP contribution is 2.35. The van der Waals surface area contributed by atoms with Crippen molar-refractivity contribution in [1.29, 1.82) is 0 Å². The van der Waals surface area contributed by atoms with E-state index in [1.807, 2.05) is 6.92 Å². The second kappa shape index (κ2) is 11.7. The molecule has 1 atom stereocenters. The lowest BCUT2D eigenvalue weighted by Crippen LogP contribution is -2.37. The van der Waals surface area contributed by atoms with Crippen molar-refractivity contribution in [2.24, 2.45) is 4.99 Å². The maximum absolute atomic E-state index is 5.94. The summed E-state index contributed by atoms with van der Waals surface area (Å²) in [7, 11) is 0. The van der Waals surface area contributed by atoms with Gasteiger partial charge in [0, 0.05) is 37.1 Å². The van der Waals surface area contributed by atoms with E-state index >= 15 is 0 Å². The van der Waals surface area contributed by atoms with E-state index in [0.29, 0.717) is 19.7 Å². The number of nitrogens with one attached hydrogen (secondary N) is 2. The molecule has 1 aromatic heterocycles. The fraction of sp³-hybridized carbons (Fsp3) is 0.609. The zero-order valence-corrected chi connectivity index (χ0v) is 21.6. The Bertz CT molecular complexity index is 929. The predicted octanol–water partition coefficient (Wildman–Crippen LogP) is 3.60. The Kier molecular flexibility index (Phi) is 9.01. The number of rotatable bonds is 7. The van der Waals surface area contributed by atoms with Crippen LogP contribution >= 0.6 is 24.0 Å². The summed E-state index contributed by atoms with van der Waals surface area (Å²) in [5.41, 5.74) is 2.24. The van der Waals surface area contributed by atoms with Crippen LogP contribution in [-0.2, 0) is 32.5 Å². The lowest BCUT2D eigenvalue weighted by molar-refractivity contribution is 0.254. The molecule has 9 heteroatoms. The van der Waals surface area contributed by atoms with E-state index in [1.165, 1.54) is 24.8 Å². The van der Waals surface area contributed by atoms with Crippen LogP contribution in [0.2, 0.25) is 0 Å². The smallest absolute Gasteiger partial charge is 0.191 e. The molecule has 0 bridgehead atoms. The zero-order chi connectivity index (χ0) is 21.6. The number of hydrogen-bond donors (Lipinski definition) is 2. The van der Waals surface area contributed by atoms with E-state index in [9.17, 15) is 0 Å². The molecule has 2 N–H and O–H groups in total. The van der Waals surface area contributed by atoms with Crippen LogP contribution in [0.25, 0.3) is 0 Å². The summed E-state index contributed by atoms with van der Waals surface area (Å²) in [6.07, 6.45) is 5.78. The minimum Gasteiger partial charge on any atom is -0.494 e. The average molecular weight is 554 g/mol. The van der Waals surface area contributed by atoms with Crippen molar-refractivity contribution in [2.75, 3.05) is 13.2 Å². The summed E-state index contributed by atoms with van der Waals surface area (Å²) < 4.78 is 14.1. The number of ether oxygens (including phenoxy) is 2. The molecular weight excluding hydrogens is 519 g/mol. The van der Waals surface area contributed by atoms with Crippen LogP contribution in [0, 0.1) is 0 Å². The van der Waals surface area contributed by atoms with Gasteiger partial charge >= 0.3 is 0 Å². The summed E-state index contributed by atoms with van der Waals surface area (Å²) in [6, 6.07) is 4.19. The van der Waals surface area contributed by atoms with Gasteiger partial charge in [-0.15, -0.1) is 34.2 Å². The van der Waals surface area contributed by atoms with Gasteiger partial charge in [-0.2, -0.15) is 0 Å². The lowest BCUT2D eigenvalue weighted by atomic mass is 10.1. The van der Waals surface area contributed by atoms with Crippen LogP contribution in [0.1, 0.15) is 62.8 Å². The van der Waals surface area contributed by atoms with Gasteiger partial charge < -0.3 is 24.7 Å². The van der Waals surface area contributed by atoms with Gasteiger partial charge in [0.2, 0.25) is 0 Å². The van der Waals surface area contributed by atoms with Crippen LogP contribution in [-0.4, -0.2) is 40.0 Å². The van der Waals surface area contributed by atoms with Crippen molar-refractivity contribution in [3.05, 3.63) is 34.9 Å². The lowest BCUT2D eigenvalue weighted by Gasteiger charge is -2.14. The molecular formula is C23H35IN6O2. The van der Waals surface area contributed by atoms with Crippen molar-refractivity contribution in [3.63, 3.8) is 0 Å². The van der Waals surface area contributed by atoms with Gasteiger partial charge in [-0.25, -0.2) is 4.99 Å². The molecule has 0 radical (unpaired) electrons. The average Bonchev–Trinajstić information content (AvgIpc) is 3.22. The van der Waals surface area contributed by atoms with Crippen molar-refractivity contribution in [3.8, 4) is 11.5 Å². The maximum atomic E-state index is 5.94. The highest BCUT2D eigenvalue weighted by atomic mass is 127. The number of aryl methyl sites for hydroxylation is 1. The first-order valence-corrected chi connectivity index (χ1v) is 11.6. The summed E-state index contributed by atoms with van der Waals surface area (Å²) in [5, 5.41) is 15.5. The van der Waals surface area contributed by atoms with Gasteiger partial charge in [0.25, 0.3) is 0 Å². The van der Waals surface area contributed by atoms with Gasteiger partial charge in [-0.3, -0.25) is 0 Å². The van der Waals surface area contributed by atoms with Crippen LogP contribution < -0.4 is 20.1 Å². The number of nitrogens with zero attached hydrogens (tertiary/aromatic N) is 4. The summed E-state index contributed by atoms with van der Waals surface area (Å²) in [6.45, 7) is 9.68. The molecule has 2 aromatic rings. The number of fused-ring (bicyclic) bond motifs is 2. The SMILES string of the molecule is CCNC(=NCc1cc2c(cc1OCC)CC(C)O2)NCc1nnc2n1CCCCC2.I. The molecule has 0 spiro atoms. The molecule has 0 fully saturated rings. The molecule has 3 heterocycles. The van der Waals surface area contributed by atoms with Gasteiger partial charge in [0.15, 0.2) is 11.8 Å². The highest BCUT2D eigenvalue weighted by molar-refractivity contribution is 14.0. The monoisotopic (exact) mass is 554 g/mol. The molecule has 0 saturated heterocycles. The molecule has 2 aliphatic rings. The molecule has 0 amide bonds. The Labute approximate surface area is 207 Å². The van der Waals surface area contributed by atoms with Gasteiger partial charge in [0.1, 0.15) is 23.4 Å². The summed E-state index contributed by atoms with van der Waals surface area (Å²) in [5.74, 6) is 4.67. The normalized spacial score (nSPS) is 17.5. The highest BCUT2D eigenvalue weighted by Gasteiger charge is 2.22. The minimum atomic E-state index is 0. The first kappa shape index (κ1) is 24.6. The Morgan fingerprint density at radius 3 is 2.91 bits per heavy atom. The van der Waals surface area contributed by atoms with Crippen LogP contribution in [0.4, 0.5) is 0 Å². The van der Waals surface area contributed by atoms with Gasteiger partial charge in [0.05, 0.1) is 19.7 Å². The van der Waals surface area contributed by atoms with Gasteiger partial charge in [-0.1, -0.05) is 6.42 Å². The molecule has 4 rings (SSSR count). The molecule has 32 heavy (non-hydrogen) atoms. The molecule has 1 aromatic carbocycles. The quantitative estimate of drug-likeness (QED) is 0.309. The van der Waals surface area contributed by atoms with E-state index in [-0.39, 0.29) is 30.1 Å². The third-order valence-electron chi connectivity index (χ3n) is 5.73. The topological polar surface area (TPSA) is 85.6 Å². The summed E-state index contributed by atoms with van der Waals surface area (Å²) >= 11 is 0. The Morgan fingerprint density at radius 1 is 1.22 bits per heavy atom. The number of aliphatic imine (C=N–C) groups is 1. The Hall–Kier alpha value is -2.04. The van der Waals surface area contributed by atoms with Crippen molar-refractivity contribution in [2.45, 2.75) is 78.6 Å². The predicted molar refractivity (Wildman–Crippen MR) is 136 cm³/mol. The number of benzene rings is 1. The fourth-order valence-corrected chi connectivity index (χ4v) is 4.24.